The van der Waals surface area contributed by atoms with Crippen molar-refractivity contribution >= 4 is 21.9 Å². The predicted molar refractivity (Wildman–Crippen MR) is 260 cm³/mol. The van der Waals surface area contributed by atoms with Crippen LogP contribution in [0, 0.1) is 19.7 Å². The number of hydrogen-bond acceptors (Lipinski definition) is 4. The van der Waals surface area contributed by atoms with Gasteiger partial charge in [0.25, 0.3) is 0 Å². The van der Waals surface area contributed by atoms with Gasteiger partial charge in [-0.15, -0.1) is 0 Å². The van der Waals surface area contributed by atoms with Crippen LogP contribution in [0.5, 0.6) is 0 Å². The quantitative estimate of drug-likeness (QED) is 0.116. The summed E-state index contributed by atoms with van der Waals surface area (Å²) in [5.41, 5.74) is 3.36. The number of halogens is 1. The van der Waals surface area contributed by atoms with Crippen molar-refractivity contribution in [2.24, 2.45) is 0 Å². The third kappa shape index (κ3) is 8.62. The zero-order chi connectivity index (χ0) is 54.2. The number of furan rings is 1. The van der Waals surface area contributed by atoms with E-state index in [2.05, 4.69) is 15.0 Å². The highest BCUT2D eigenvalue weighted by Gasteiger charge is 2.19. The van der Waals surface area contributed by atoms with Gasteiger partial charge in [0.05, 0.1) is 22.6 Å². The Labute approximate surface area is 391 Å². The van der Waals surface area contributed by atoms with Crippen molar-refractivity contribution in [3.63, 3.8) is 0 Å². The third-order valence-electron chi connectivity index (χ3n) is 11.0. The molecule has 0 atom stereocenters. The Balaban J connectivity index is 1.07. The van der Waals surface area contributed by atoms with Crippen LogP contribution in [-0.4, -0.2) is 15.0 Å². The van der Waals surface area contributed by atoms with Crippen molar-refractivity contribution in [3.8, 4) is 44.9 Å². The van der Waals surface area contributed by atoms with Crippen LogP contribution in [0.4, 0.5) is 4.39 Å². The minimum atomic E-state index is -3.15. The van der Waals surface area contributed by atoms with E-state index in [1.165, 1.54) is 30.6 Å². The average molecular weight is 846 g/mol. The van der Waals surface area contributed by atoms with Crippen molar-refractivity contribution in [2.75, 3.05) is 0 Å². The molecule has 0 saturated carbocycles. The molecular weight excluding hydrogens is 786 g/mol. The van der Waals surface area contributed by atoms with Crippen LogP contribution in [0.15, 0.2) is 187 Å². The van der Waals surface area contributed by atoms with Gasteiger partial charge in [0.1, 0.15) is 17.0 Å². The lowest BCUT2D eigenvalue weighted by Gasteiger charge is -2.13. The Hall–Kier alpha value is -7.50. The number of rotatable bonds is 13. The molecule has 0 spiro atoms. The summed E-state index contributed by atoms with van der Waals surface area (Å²) in [5.74, 6) is -0.469. The molecule has 0 aliphatic carbocycles. The van der Waals surface area contributed by atoms with E-state index in [-0.39, 0.29) is 22.3 Å². The van der Waals surface area contributed by atoms with E-state index < -0.39 is 60.7 Å². The van der Waals surface area contributed by atoms with Gasteiger partial charge in [-0.25, -0.2) is 4.39 Å². The van der Waals surface area contributed by atoms with E-state index in [9.17, 15) is 16.4 Å². The van der Waals surface area contributed by atoms with Crippen LogP contribution in [0.25, 0.3) is 66.8 Å². The number of benzene rings is 6. The first-order valence-corrected chi connectivity index (χ1v) is 20.8. The smallest absolute Gasteiger partial charge is 0.146 e. The number of nitrogens with zero attached hydrogens (tertiary/aromatic N) is 3. The van der Waals surface area contributed by atoms with E-state index in [0.717, 1.165) is 35.5 Å². The van der Waals surface area contributed by atoms with Crippen molar-refractivity contribution in [1.82, 2.24) is 15.0 Å². The molecule has 6 aromatic carbocycles. The summed E-state index contributed by atoms with van der Waals surface area (Å²) in [6, 6.07) is 44.7. The van der Waals surface area contributed by atoms with Gasteiger partial charge in [-0.05, 0) is 139 Å². The van der Waals surface area contributed by atoms with E-state index in [4.69, 9.17) is 4.42 Å². The lowest BCUT2D eigenvalue weighted by atomic mass is 9.93. The summed E-state index contributed by atoms with van der Waals surface area (Å²) in [7, 11) is 0. The number of hydrogen-bond donors (Lipinski definition) is 0. The fourth-order valence-corrected chi connectivity index (χ4v) is 7.72. The van der Waals surface area contributed by atoms with Crippen LogP contribution < -0.4 is 0 Å². The molecule has 0 amide bonds. The number of pyridine rings is 3. The number of para-hydroxylation sites is 1. The molecule has 4 aromatic heterocycles. The molecule has 0 N–H and O–H groups in total. The summed E-state index contributed by atoms with van der Waals surface area (Å²) in [6.07, 6.45) is -14.6. The Morgan fingerprint density at radius 1 is 0.438 bits per heavy atom. The van der Waals surface area contributed by atoms with Gasteiger partial charge in [-0.3, -0.25) is 15.0 Å². The summed E-state index contributed by atoms with van der Waals surface area (Å²) in [4.78, 5) is 13.5. The minimum Gasteiger partial charge on any atom is -0.455 e. The molecule has 10 rings (SSSR count). The third-order valence-corrected chi connectivity index (χ3v) is 11.0. The molecular formula is C59H48FN3O. The topological polar surface area (TPSA) is 51.8 Å². The summed E-state index contributed by atoms with van der Waals surface area (Å²) in [5, 5.41) is 1.34. The highest BCUT2D eigenvalue weighted by molar-refractivity contribution is 6.12. The first-order chi connectivity index (χ1) is 36.0. The maximum Gasteiger partial charge on any atom is 0.146 e. The van der Waals surface area contributed by atoms with Crippen molar-refractivity contribution in [2.45, 2.75) is 52.1 Å². The van der Waals surface area contributed by atoms with E-state index in [1.54, 1.807) is 68.4 Å². The van der Waals surface area contributed by atoms with Crippen molar-refractivity contribution < 1.29 is 25.3 Å². The van der Waals surface area contributed by atoms with Gasteiger partial charge in [0, 0.05) is 62.5 Å². The summed E-state index contributed by atoms with van der Waals surface area (Å²) >= 11 is 0. The second-order valence-electron chi connectivity index (χ2n) is 15.4. The monoisotopic (exact) mass is 845 g/mol. The van der Waals surface area contributed by atoms with Gasteiger partial charge in [0.2, 0.25) is 0 Å². The molecule has 0 saturated heterocycles. The molecule has 0 aliphatic rings. The average Bonchev–Trinajstić information content (AvgIpc) is 3.84. The summed E-state index contributed by atoms with van der Waals surface area (Å²) in [6.45, 7) is 3.22. The molecule has 0 aliphatic heterocycles. The standard InChI is InChI=1S/C59H48FN3O/c1-39-31-55(45-13-6-3-7-14-45)62-37-48(39)26-23-43-33-42(34-44(35-43)24-27-49-38-63-56(32-40(49)2)46-15-8-4-9-16-46)22-21-41-25-30-54(61-36-41)52-20-12-19-50-51-28-29-53(60)57(59(51)64-58(50)52)47-17-10-5-11-18-47/h3-20,25,28-38H,21-24,26-27H2,1-2H3/i21D2,22D2,23D2,24D2,26D2,27D2. The van der Waals surface area contributed by atoms with E-state index >= 15 is 4.39 Å². The number of fused-ring (bicyclic) bond motifs is 3. The van der Waals surface area contributed by atoms with Crippen LogP contribution in [0.3, 0.4) is 0 Å². The summed E-state index contributed by atoms with van der Waals surface area (Å²) < 4.78 is 136. The van der Waals surface area contributed by atoms with Gasteiger partial charge >= 0.3 is 0 Å². The van der Waals surface area contributed by atoms with Crippen LogP contribution in [0.2, 0.25) is 0 Å². The molecule has 0 unspecified atom stereocenters. The largest absolute Gasteiger partial charge is 0.455 e. The van der Waals surface area contributed by atoms with Gasteiger partial charge in [-0.2, -0.15) is 0 Å². The SMILES string of the molecule is [2H]C([2H])(c1ccc(-c2cccc3c2oc2c(-c4ccccc4)c(F)ccc23)nc1)C([2H])([2H])c1cc(C([2H])([2H])C([2H])([2H])c2cnc(-c3ccccc3)cc2C)cc(C([2H])([2H])C([2H])([2H])c2cnc(-c3ccccc3)cc2C)c1. The fraction of sp³-hybridized carbons (Fsp3) is 0.136. The predicted octanol–water partition coefficient (Wildman–Crippen LogP) is 14.6. The molecule has 0 bridgehead atoms. The van der Waals surface area contributed by atoms with Gasteiger partial charge < -0.3 is 4.42 Å². The fourth-order valence-electron chi connectivity index (χ4n) is 7.72. The Kier molecular flexibility index (Phi) is 8.18. The zero-order valence-corrected chi connectivity index (χ0v) is 34.9. The normalized spacial score (nSPS) is 15.5. The first kappa shape index (κ1) is 29.0. The second-order valence-corrected chi connectivity index (χ2v) is 15.4. The molecule has 4 heterocycles. The Morgan fingerprint density at radius 2 is 0.938 bits per heavy atom. The molecule has 0 radical (unpaired) electrons. The van der Waals surface area contributed by atoms with E-state index in [1.807, 2.05) is 72.8 Å². The van der Waals surface area contributed by atoms with Gasteiger partial charge in [-0.1, -0.05) is 127 Å². The first-order valence-electron chi connectivity index (χ1n) is 26.8. The minimum absolute atomic E-state index is 0.144. The number of aryl methyl sites for hydroxylation is 8. The van der Waals surface area contributed by atoms with Crippen LogP contribution in [0.1, 0.15) is 61.0 Å². The maximum absolute atomic E-state index is 15.5. The van der Waals surface area contributed by atoms with Gasteiger partial charge in [0.15, 0.2) is 0 Å². The molecule has 10 aromatic rings. The molecule has 4 nitrogen and oxygen atoms in total. The highest BCUT2D eigenvalue weighted by atomic mass is 19.1. The van der Waals surface area contributed by atoms with Crippen molar-refractivity contribution in [3.05, 3.63) is 233 Å². The lowest BCUT2D eigenvalue weighted by Crippen LogP contribution is -2.02. The second kappa shape index (κ2) is 18.1. The molecule has 5 heteroatoms. The molecule has 312 valence electrons. The Morgan fingerprint density at radius 3 is 1.47 bits per heavy atom. The highest BCUT2D eigenvalue weighted by Crippen LogP contribution is 2.40. The Bertz CT molecular complexity index is 3680. The van der Waals surface area contributed by atoms with Crippen LogP contribution >= 0.6 is 0 Å². The molecule has 0 fully saturated rings. The maximum atomic E-state index is 15.5. The zero-order valence-electron chi connectivity index (χ0n) is 46.9. The lowest BCUT2D eigenvalue weighted by molar-refractivity contribution is 0.622. The van der Waals surface area contributed by atoms with Crippen molar-refractivity contribution in [1.29, 1.82) is 0 Å². The molecule has 64 heavy (non-hydrogen) atoms. The van der Waals surface area contributed by atoms with Crippen LogP contribution in [-0.2, 0) is 38.2 Å². The van der Waals surface area contributed by atoms with E-state index in [0.29, 0.717) is 61.3 Å². The number of aromatic nitrogens is 3.